The molecule has 0 saturated carbocycles. The topological polar surface area (TPSA) is 64.6 Å². The van der Waals surface area contributed by atoms with Crippen molar-refractivity contribution in [2.75, 3.05) is 23.5 Å². The number of benzene rings is 1. The molecular formula is C10H12ClF2NO4S. The van der Waals surface area contributed by atoms with Crippen LogP contribution >= 0.6 is 11.6 Å². The predicted octanol–water partition coefficient (Wildman–Crippen LogP) is 2.28. The van der Waals surface area contributed by atoms with Gasteiger partial charge in [0.05, 0.1) is 18.6 Å². The molecule has 1 aromatic carbocycles. The van der Waals surface area contributed by atoms with Crippen LogP contribution in [0.1, 0.15) is 0 Å². The zero-order chi connectivity index (χ0) is 14.5. The molecule has 0 atom stereocenters. The Bertz CT molecular complexity index is 524. The third-order valence-electron chi connectivity index (χ3n) is 2.00. The summed E-state index contributed by atoms with van der Waals surface area (Å²) in [7, 11) is -2.33. The molecule has 5 nitrogen and oxygen atoms in total. The van der Waals surface area contributed by atoms with Gasteiger partial charge in [-0.25, -0.2) is 8.42 Å². The zero-order valence-electron chi connectivity index (χ0n) is 9.90. The van der Waals surface area contributed by atoms with Crippen LogP contribution in [0.2, 0.25) is 0 Å². The maximum absolute atomic E-state index is 12.2. The number of rotatable bonds is 7. The van der Waals surface area contributed by atoms with Gasteiger partial charge in [0.15, 0.2) is 11.5 Å². The van der Waals surface area contributed by atoms with E-state index in [0.717, 1.165) is 6.07 Å². The average molecular weight is 316 g/mol. The molecule has 108 valence electrons. The van der Waals surface area contributed by atoms with Crippen LogP contribution in [0.3, 0.4) is 0 Å². The Balaban J connectivity index is 2.98. The molecular weight excluding hydrogens is 304 g/mol. The third-order valence-corrected chi connectivity index (χ3v) is 3.70. The molecule has 19 heavy (non-hydrogen) atoms. The Morgan fingerprint density at radius 3 is 2.58 bits per heavy atom. The van der Waals surface area contributed by atoms with Crippen molar-refractivity contribution >= 4 is 27.3 Å². The Kier molecular flexibility index (Phi) is 5.61. The van der Waals surface area contributed by atoms with Gasteiger partial charge >= 0.3 is 6.61 Å². The van der Waals surface area contributed by atoms with Crippen molar-refractivity contribution in [3.63, 3.8) is 0 Å². The summed E-state index contributed by atoms with van der Waals surface area (Å²) >= 11 is 5.34. The van der Waals surface area contributed by atoms with Crippen LogP contribution in [0.15, 0.2) is 18.2 Å². The highest BCUT2D eigenvalue weighted by atomic mass is 35.5. The van der Waals surface area contributed by atoms with E-state index in [4.69, 9.17) is 16.3 Å². The van der Waals surface area contributed by atoms with E-state index in [1.54, 1.807) is 0 Å². The Morgan fingerprint density at radius 1 is 1.37 bits per heavy atom. The lowest BCUT2D eigenvalue weighted by atomic mass is 10.3. The van der Waals surface area contributed by atoms with E-state index < -0.39 is 16.6 Å². The van der Waals surface area contributed by atoms with Crippen molar-refractivity contribution in [1.29, 1.82) is 0 Å². The summed E-state index contributed by atoms with van der Waals surface area (Å²) < 4.78 is 58.6. The van der Waals surface area contributed by atoms with Crippen LogP contribution in [-0.4, -0.2) is 33.8 Å². The lowest BCUT2D eigenvalue weighted by molar-refractivity contribution is -0.0511. The maximum atomic E-state index is 12.2. The number of alkyl halides is 3. The van der Waals surface area contributed by atoms with Crippen molar-refractivity contribution in [3.05, 3.63) is 18.2 Å². The van der Waals surface area contributed by atoms with Crippen LogP contribution in [0.5, 0.6) is 11.5 Å². The van der Waals surface area contributed by atoms with Gasteiger partial charge in [0, 0.05) is 11.9 Å². The van der Waals surface area contributed by atoms with E-state index in [2.05, 4.69) is 9.46 Å². The van der Waals surface area contributed by atoms with Gasteiger partial charge in [-0.1, -0.05) is 0 Å². The van der Waals surface area contributed by atoms with Gasteiger partial charge in [-0.05, 0) is 12.1 Å². The molecule has 0 saturated heterocycles. The second kappa shape index (κ2) is 6.76. The molecule has 0 bridgehead atoms. The fourth-order valence-electron chi connectivity index (χ4n) is 1.26. The Hall–Kier alpha value is -1.28. The van der Waals surface area contributed by atoms with Crippen molar-refractivity contribution < 1.29 is 26.7 Å². The number of ether oxygens (including phenoxy) is 2. The van der Waals surface area contributed by atoms with E-state index in [1.807, 2.05) is 0 Å². The maximum Gasteiger partial charge on any atom is 0.387 e. The molecule has 1 aromatic rings. The van der Waals surface area contributed by atoms with Crippen LogP contribution in [0, 0.1) is 0 Å². The summed E-state index contributed by atoms with van der Waals surface area (Å²) in [5, 5.41) is 0. The first kappa shape index (κ1) is 15.8. The molecule has 0 aliphatic carbocycles. The second-order valence-electron chi connectivity index (χ2n) is 3.35. The summed E-state index contributed by atoms with van der Waals surface area (Å²) in [6, 6.07) is 3.79. The number of hydrogen-bond donors (Lipinski definition) is 1. The summed E-state index contributed by atoms with van der Waals surface area (Å²) in [6.45, 7) is -3.04. The van der Waals surface area contributed by atoms with Gasteiger partial charge in [0.25, 0.3) is 0 Å². The minimum absolute atomic E-state index is 0.0700. The van der Waals surface area contributed by atoms with Crippen LogP contribution in [0.4, 0.5) is 14.5 Å². The SMILES string of the molecule is COc1ccc(NS(=O)(=O)CCCl)cc1OC(F)F. The molecule has 0 amide bonds. The second-order valence-corrected chi connectivity index (χ2v) is 5.57. The minimum Gasteiger partial charge on any atom is -0.493 e. The standard InChI is InChI=1S/C10H12ClF2NO4S/c1-17-8-3-2-7(6-9(8)18-10(12)13)14-19(15,16)5-4-11/h2-3,6,10,14H,4-5H2,1H3. The Morgan fingerprint density at radius 2 is 2.05 bits per heavy atom. The van der Waals surface area contributed by atoms with Gasteiger partial charge in [-0.3, -0.25) is 4.72 Å². The summed E-state index contributed by atoms with van der Waals surface area (Å²) in [6.07, 6.45) is 0. The van der Waals surface area contributed by atoms with Crippen molar-refractivity contribution in [2.45, 2.75) is 6.61 Å². The first-order valence-electron chi connectivity index (χ1n) is 5.07. The molecule has 1 N–H and O–H groups in total. The van der Waals surface area contributed by atoms with Gasteiger partial charge < -0.3 is 9.47 Å². The molecule has 0 fully saturated rings. The number of nitrogens with one attached hydrogen (secondary N) is 1. The molecule has 0 aliphatic rings. The molecule has 0 radical (unpaired) electrons. The van der Waals surface area contributed by atoms with Gasteiger partial charge in [0.2, 0.25) is 10.0 Å². The largest absolute Gasteiger partial charge is 0.493 e. The minimum atomic E-state index is -3.62. The average Bonchev–Trinajstić information content (AvgIpc) is 2.27. The molecule has 0 unspecified atom stereocenters. The highest BCUT2D eigenvalue weighted by Gasteiger charge is 2.14. The van der Waals surface area contributed by atoms with Gasteiger partial charge in [-0.15, -0.1) is 11.6 Å². The van der Waals surface area contributed by atoms with E-state index in [0.29, 0.717) is 0 Å². The summed E-state index contributed by atoms with van der Waals surface area (Å²) in [5.74, 6) is -0.554. The van der Waals surface area contributed by atoms with E-state index >= 15 is 0 Å². The monoisotopic (exact) mass is 315 g/mol. The van der Waals surface area contributed by atoms with Crippen molar-refractivity contribution in [1.82, 2.24) is 0 Å². The predicted molar refractivity (Wildman–Crippen MR) is 67.8 cm³/mol. The van der Waals surface area contributed by atoms with Crippen molar-refractivity contribution in [3.8, 4) is 11.5 Å². The molecule has 1 rings (SSSR count). The zero-order valence-corrected chi connectivity index (χ0v) is 11.5. The Labute approximate surface area is 114 Å². The molecule has 0 heterocycles. The van der Waals surface area contributed by atoms with E-state index in [-0.39, 0.29) is 28.8 Å². The summed E-state index contributed by atoms with van der Waals surface area (Å²) in [5.41, 5.74) is 0.0848. The lowest BCUT2D eigenvalue weighted by Crippen LogP contribution is -2.17. The fourth-order valence-corrected chi connectivity index (χ4v) is 2.66. The smallest absolute Gasteiger partial charge is 0.387 e. The number of anilines is 1. The third kappa shape index (κ3) is 5.07. The molecule has 0 spiro atoms. The first-order chi connectivity index (χ1) is 8.88. The number of sulfonamides is 1. The number of halogens is 3. The quantitative estimate of drug-likeness (QED) is 0.784. The van der Waals surface area contributed by atoms with E-state index in [9.17, 15) is 17.2 Å². The highest BCUT2D eigenvalue weighted by molar-refractivity contribution is 7.92. The first-order valence-corrected chi connectivity index (χ1v) is 7.26. The molecule has 0 aliphatic heterocycles. The highest BCUT2D eigenvalue weighted by Crippen LogP contribution is 2.31. The van der Waals surface area contributed by atoms with Crippen LogP contribution in [0.25, 0.3) is 0 Å². The van der Waals surface area contributed by atoms with Gasteiger partial charge in [-0.2, -0.15) is 8.78 Å². The normalized spacial score (nSPS) is 11.4. The fraction of sp³-hybridized carbons (Fsp3) is 0.400. The van der Waals surface area contributed by atoms with Gasteiger partial charge in [0.1, 0.15) is 0 Å². The summed E-state index contributed by atoms with van der Waals surface area (Å²) in [4.78, 5) is 0. The molecule has 0 aromatic heterocycles. The van der Waals surface area contributed by atoms with E-state index in [1.165, 1.54) is 19.2 Å². The number of methoxy groups -OCH3 is 1. The lowest BCUT2D eigenvalue weighted by Gasteiger charge is -2.12. The van der Waals surface area contributed by atoms with Crippen molar-refractivity contribution in [2.24, 2.45) is 0 Å². The number of hydrogen-bond acceptors (Lipinski definition) is 4. The van der Waals surface area contributed by atoms with Crippen LogP contribution < -0.4 is 14.2 Å². The van der Waals surface area contributed by atoms with Crippen LogP contribution in [-0.2, 0) is 10.0 Å². The molecule has 9 heteroatoms.